The average molecular weight is 336 g/mol. The average Bonchev–Trinajstić information content (AvgIpc) is 3.42. The van der Waals surface area contributed by atoms with E-state index in [1.807, 2.05) is 0 Å². The largest absolute Gasteiger partial charge is 0.394 e. The van der Waals surface area contributed by atoms with Crippen LogP contribution in [0.3, 0.4) is 0 Å². The Hall–Kier alpha value is -0.400. The van der Waals surface area contributed by atoms with Crippen LogP contribution < -0.4 is 0 Å². The highest BCUT2D eigenvalue weighted by Gasteiger charge is 2.80. The van der Waals surface area contributed by atoms with E-state index in [1.54, 1.807) is 0 Å². The maximum absolute atomic E-state index is 10.3. The Morgan fingerprint density at radius 3 is 2.43 bits per heavy atom. The van der Waals surface area contributed by atoms with E-state index in [-0.39, 0.29) is 0 Å². The lowest BCUT2D eigenvalue weighted by Crippen LogP contribution is -2.61. The van der Waals surface area contributed by atoms with E-state index in [0.717, 1.165) is 0 Å². The molecule has 3 aliphatic heterocycles. The van der Waals surface area contributed by atoms with Crippen molar-refractivity contribution in [3.8, 4) is 0 Å². The van der Waals surface area contributed by atoms with Crippen LogP contribution in [-0.4, -0.2) is 100 Å². The van der Waals surface area contributed by atoms with Gasteiger partial charge in [-0.1, -0.05) is 0 Å². The zero-order chi connectivity index (χ0) is 16.5. The number of ether oxygens (including phenoxy) is 5. The summed E-state index contributed by atoms with van der Waals surface area (Å²) >= 11 is 0. The Morgan fingerprint density at radius 2 is 1.78 bits per heavy atom. The van der Waals surface area contributed by atoms with Crippen LogP contribution in [0, 0.1) is 5.92 Å². The number of rotatable bonds is 4. The maximum atomic E-state index is 10.3. The number of epoxide rings is 1. The van der Waals surface area contributed by atoms with E-state index in [2.05, 4.69) is 0 Å². The second-order valence-electron chi connectivity index (χ2n) is 6.29. The molecule has 0 aromatic carbocycles. The minimum Gasteiger partial charge on any atom is -0.394 e. The molecule has 11 atom stereocenters. The van der Waals surface area contributed by atoms with E-state index in [1.165, 1.54) is 7.11 Å². The molecular weight excluding hydrogens is 316 g/mol. The van der Waals surface area contributed by atoms with Crippen LogP contribution in [0.5, 0.6) is 0 Å². The topological polar surface area (TPSA) is 151 Å². The normalized spacial score (nSPS) is 60.8. The second kappa shape index (κ2) is 5.30. The van der Waals surface area contributed by atoms with E-state index < -0.39 is 73.6 Å². The fourth-order valence-corrected chi connectivity index (χ4v) is 3.54. The monoisotopic (exact) mass is 336 g/mol. The summed E-state index contributed by atoms with van der Waals surface area (Å²) in [7, 11) is 1.29. The third-order valence-electron chi connectivity index (χ3n) is 4.97. The number of aliphatic hydroxyl groups is 5. The molecule has 0 aromatic rings. The van der Waals surface area contributed by atoms with Crippen LogP contribution in [0.1, 0.15) is 0 Å². The van der Waals surface area contributed by atoms with Crippen molar-refractivity contribution in [3.63, 3.8) is 0 Å². The first kappa shape index (κ1) is 16.1. The highest BCUT2D eigenvalue weighted by Crippen LogP contribution is 2.60. The van der Waals surface area contributed by atoms with Gasteiger partial charge in [-0.2, -0.15) is 0 Å². The number of methoxy groups -OCH3 is 1. The minimum absolute atomic E-state index is 0.487. The lowest BCUT2D eigenvalue weighted by molar-refractivity contribution is -0.340. The van der Waals surface area contributed by atoms with Crippen LogP contribution in [0.25, 0.3) is 0 Å². The molecule has 5 N–H and O–H groups in total. The summed E-state index contributed by atoms with van der Waals surface area (Å²) in [5.74, 6) is -2.27. The molecule has 10 heteroatoms. The zero-order valence-corrected chi connectivity index (χ0v) is 12.3. The molecule has 0 aromatic heterocycles. The molecule has 4 rings (SSSR count). The molecule has 1 aliphatic carbocycles. The minimum atomic E-state index is -1.54. The Bertz CT molecular complexity index is 474. The van der Waals surface area contributed by atoms with E-state index in [4.69, 9.17) is 23.7 Å². The molecule has 0 radical (unpaired) electrons. The smallest absolute Gasteiger partial charge is 0.206 e. The molecular formula is C13H20O10. The van der Waals surface area contributed by atoms with Gasteiger partial charge in [0.05, 0.1) is 18.6 Å². The van der Waals surface area contributed by atoms with E-state index >= 15 is 0 Å². The van der Waals surface area contributed by atoms with Gasteiger partial charge in [0.15, 0.2) is 12.6 Å². The fourth-order valence-electron chi connectivity index (χ4n) is 3.54. The first-order valence-electron chi connectivity index (χ1n) is 7.47. The highest BCUT2D eigenvalue weighted by molar-refractivity contribution is 5.19. The molecule has 7 unspecified atom stereocenters. The maximum Gasteiger partial charge on any atom is 0.206 e. The summed E-state index contributed by atoms with van der Waals surface area (Å²) in [4.78, 5) is 0. The van der Waals surface area contributed by atoms with Gasteiger partial charge >= 0.3 is 0 Å². The first-order chi connectivity index (χ1) is 10.9. The molecule has 4 aliphatic rings. The molecule has 132 valence electrons. The van der Waals surface area contributed by atoms with Crippen molar-refractivity contribution in [2.75, 3.05) is 13.7 Å². The SMILES string of the molecule is CO[C@@H]1OC(CO)[C@@H](OC23OC4O[C@@H]4C(O)C2[C@@H]3O)C(O)C1O. The number of aliphatic hydroxyl groups excluding tert-OH is 5. The van der Waals surface area contributed by atoms with Gasteiger partial charge in [-0.15, -0.1) is 0 Å². The first-order valence-corrected chi connectivity index (χ1v) is 7.47. The van der Waals surface area contributed by atoms with Gasteiger partial charge in [-0.3, -0.25) is 0 Å². The van der Waals surface area contributed by atoms with Crippen molar-refractivity contribution in [1.82, 2.24) is 0 Å². The Labute approximate surface area is 131 Å². The van der Waals surface area contributed by atoms with E-state index in [0.29, 0.717) is 0 Å². The van der Waals surface area contributed by atoms with Crippen LogP contribution in [0.15, 0.2) is 0 Å². The summed E-state index contributed by atoms with van der Waals surface area (Å²) in [6, 6.07) is 0. The predicted molar refractivity (Wildman–Crippen MR) is 67.6 cm³/mol. The summed E-state index contributed by atoms with van der Waals surface area (Å²) in [6.45, 7) is -0.504. The predicted octanol–water partition coefficient (Wildman–Crippen LogP) is -3.74. The lowest BCUT2D eigenvalue weighted by atomic mass is 9.98. The molecule has 0 spiro atoms. The molecule has 3 saturated heterocycles. The Kier molecular flexibility index (Phi) is 3.71. The zero-order valence-electron chi connectivity index (χ0n) is 12.3. The summed E-state index contributed by atoms with van der Waals surface area (Å²) in [5, 5.41) is 49.8. The molecule has 1 saturated carbocycles. The lowest BCUT2D eigenvalue weighted by Gasteiger charge is -2.42. The quantitative estimate of drug-likeness (QED) is 0.324. The van der Waals surface area contributed by atoms with Crippen molar-refractivity contribution in [1.29, 1.82) is 0 Å². The number of hydrogen-bond acceptors (Lipinski definition) is 10. The van der Waals surface area contributed by atoms with Gasteiger partial charge in [0.1, 0.15) is 36.6 Å². The summed E-state index contributed by atoms with van der Waals surface area (Å²) in [6.07, 6.45) is -9.35. The molecule has 10 nitrogen and oxygen atoms in total. The summed E-state index contributed by atoms with van der Waals surface area (Å²) in [5.41, 5.74) is 0. The van der Waals surface area contributed by atoms with Crippen LogP contribution >= 0.6 is 0 Å². The fraction of sp³-hybridized carbons (Fsp3) is 1.00. The van der Waals surface area contributed by atoms with Gasteiger partial charge in [0, 0.05) is 7.11 Å². The number of fused-ring (bicyclic) bond motifs is 2. The van der Waals surface area contributed by atoms with Crippen LogP contribution in [-0.2, 0) is 23.7 Å². The molecule has 0 amide bonds. The molecule has 3 heterocycles. The van der Waals surface area contributed by atoms with Crippen molar-refractivity contribution < 1.29 is 49.2 Å². The van der Waals surface area contributed by atoms with Crippen LogP contribution in [0.2, 0.25) is 0 Å². The molecule has 4 fully saturated rings. The van der Waals surface area contributed by atoms with Gasteiger partial charge in [0.2, 0.25) is 5.79 Å². The molecule has 0 bridgehead atoms. The van der Waals surface area contributed by atoms with E-state index in [9.17, 15) is 25.5 Å². The van der Waals surface area contributed by atoms with Crippen molar-refractivity contribution in [3.05, 3.63) is 0 Å². The van der Waals surface area contributed by atoms with Crippen molar-refractivity contribution in [2.45, 2.75) is 61.1 Å². The second-order valence-corrected chi connectivity index (χ2v) is 6.29. The van der Waals surface area contributed by atoms with Gasteiger partial charge < -0.3 is 49.2 Å². The Morgan fingerprint density at radius 1 is 1.04 bits per heavy atom. The van der Waals surface area contributed by atoms with Crippen LogP contribution in [0.4, 0.5) is 0 Å². The van der Waals surface area contributed by atoms with Crippen molar-refractivity contribution >= 4 is 0 Å². The third-order valence-corrected chi connectivity index (χ3v) is 4.97. The van der Waals surface area contributed by atoms with Gasteiger partial charge in [0.25, 0.3) is 0 Å². The highest BCUT2D eigenvalue weighted by atomic mass is 16.9. The third kappa shape index (κ3) is 2.19. The summed E-state index contributed by atoms with van der Waals surface area (Å²) < 4.78 is 26.6. The van der Waals surface area contributed by atoms with Crippen molar-refractivity contribution in [2.24, 2.45) is 5.92 Å². The van der Waals surface area contributed by atoms with Gasteiger partial charge in [-0.05, 0) is 0 Å². The standard InChI is InChI=1S/C13H20O10/c1-19-11-7(17)6(16)8(3(2-14)20-11)22-13-4(10(13)18)5(15)9-12(21-9)23-13/h3-12,14-18H,2H2,1H3/t3?,4?,5?,6?,7?,8-,9-,10+,11-,12?,13?/m1/s1. The number of hydrogen-bond donors (Lipinski definition) is 5. The molecule has 23 heavy (non-hydrogen) atoms. The van der Waals surface area contributed by atoms with Gasteiger partial charge in [-0.25, -0.2) is 0 Å². The Balaban J connectivity index is 1.53.